The zero-order valence-electron chi connectivity index (χ0n) is 12.6. The van der Waals surface area contributed by atoms with E-state index in [1.54, 1.807) is 5.38 Å². The molecule has 0 atom stereocenters. The fourth-order valence-electron chi connectivity index (χ4n) is 1.92. The van der Waals surface area contributed by atoms with Crippen molar-refractivity contribution in [1.29, 1.82) is 0 Å². The van der Waals surface area contributed by atoms with E-state index in [0.29, 0.717) is 16.0 Å². The molecule has 9 heteroatoms. The van der Waals surface area contributed by atoms with Gasteiger partial charge >= 0.3 is 0 Å². The normalized spacial score (nSPS) is 11.3. The molecule has 1 aromatic carbocycles. The summed E-state index contributed by atoms with van der Waals surface area (Å²) in [4.78, 5) is 25.6. The minimum absolute atomic E-state index is 0.0434. The van der Waals surface area contributed by atoms with Gasteiger partial charge in [-0.3, -0.25) is 10.1 Å². The average Bonchev–Trinajstić information content (AvgIpc) is 3.22. The molecule has 0 spiro atoms. The van der Waals surface area contributed by atoms with Crippen molar-refractivity contribution in [2.45, 2.75) is 0 Å². The van der Waals surface area contributed by atoms with Crippen molar-refractivity contribution in [3.8, 4) is 11.3 Å². The van der Waals surface area contributed by atoms with Gasteiger partial charge in [0.2, 0.25) is 0 Å². The van der Waals surface area contributed by atoms with Crippen LogP contribution in [0.2, 0.25) is 0 Å². The Morgan fingerprint density at radius 2 is 2.00 bits per heavy atom. The van der Waals surface area contributed by atoms with E-state index >= 15 is 0 Å². The Labute approximate surface area is 145 Å². The van der Waals surface area contributed by atoms with Crippen LogP contribution < -0.4 is 11.1 Å². The number of carbonyl (C=O) groups excluding carboxylic acids is 1. The summed E-state index contributed by atoms with van der Waals surface area (Å²) >= 11 is 2.55. The molecule has 122 valence electrons. The van der Waals surface area contributed by atoms with E-state index in [9.17, 15) is 4.79 Å². The highest BCUT2D eigenvalue weighted by Crippen LogP contribution is 2.24. The lowest BCUT2D eigenvalue weighted by Crippen LogP contribution is -2.24. The fourth-order valence-corrected chi connectivity index (χ4v) is 3.18. The molecule has 0 aliphatic heterocycles. The predicted molar refractivity (Wildman–Crippen MR) is 96.3 cm³/mol. The fraction of sp³-hybridized carbons (Fsp3) is 0.0667. The Kier molecular flexibility index (Phi) is 4.82. The summed E-state index contributed by atoms with van der Waals surface area (Å²) in [6.07, 6.45) is 0. The van der Waals surface area contributed by atoms with Gasteiger partial charge in [-0.15, -0.1) is 22.7 Å². The average molecular weight is 359 g/mol. The number of aromatic nitrogens is 2. The lowest BCUT2D eigenvalue weighted by molar-refractivity contribution is -0.110. The van der Waals surface area contributed by atoms with E-state index in [0.717, 1.165) is 11.3 Å². The molecule has 0 saturated carbocycles. The van der Waals surface area contributed by atoms with E-state index < -0.39 is 5.91 Å². The maximum Gasteiger partial charge on any atom is 0.281 e. The first-order valence-electron chi connectivity index (χ1n) is 6.82. The van der Waals surface area contributed by atoms with Gasteiger partial charge in [0.05, 0.1) is 5.69 Å². The van der Waals surface area contributed by atoms with Gasteiger partial charge < -0.3 is 10.6 Å². The van der Waals surface area contributed by atoms with E-state index in [-0.39, 0.29) is 5.71 Å². The van der Waals surface area contributed by atoms with Crippen molar-refractivity contribution >= 4 is 44.6 Å². The maximum atomic E-state index is 12.4. The molecule has 0 fully saturated rings. The van der Waals surface area contributed by atoms with Gasteiger partial charge in [-0.05, 0) is 0 Å². The zero-order valence-corrected chi connectivity index (χ0v) is 14.2. The van der Waals surface area contributed by atoms with Crippen molar-refractivity contribution in [2.24, 2.45) is 5.16 Å². The topological polar surface area (TPSA) is 102 Å². The molecule has 7 nitrogen and oxygen atoms in total. The lowest BCUT2D eigenvalue weighted by atomic mass is 10.2. The number of carbonyl (C=O) groups is 1. The number of anilines is 2. The molecule has 0 aliphatic carbocycles. The molecule has 3 aromatic rings. The van der Waals surface area contributed by atoms with E-state index in [1.807, 2.05) is 35.7 Å². The molecule has 1 amide bonds. The first kappa shape index (κ1) is 16.1. The molecule has 0 bridgehead atoms. The summed E-state index contributed by atoms with van der Waals surface area (Å²) in [5, 5.41) is 10.8. The Morgan fingerprint density at radius 3 is 2.67 bits per heavy atom. The van der Waals surface area contributed by atoms with Crippen molar-refractivity contribution in [1.82, 2.24) is 9.97 Å². The number of nitrogens with zero attached hydrogens (tertiary/aromatic N) is 3. The Bertz CT molecular complexity index is 873. The number of hydrogen-bond donors (Lipinski definition) is 2. The predicted octanol–water partition coefficient (Wildman–Crippen LogP) is 2.84. The lowest BCUT2D eigenvalue weighted by Gasteiger charge is -2.02. The van der Waals surface area contributed by atoms with E-state index in [4.69, 9.17) is 10.6 Å². The highest BCUT2D eigenvalue weighted by molar-refractivity contribution is 7.14. The van der Waals surface area contributed by atoms with Crippen LogP contribution in [-0.2, 0) is 9.63 Å². The molecule has 0 unspecified atom stereocenters. The van der Waals surface area contributed by atoms with Crippen LogP contribution in [0.1, 0.15) is 5.69 Å². The van der Waals surface area contributed by atoms with Crippen molar-refractivity contribution in [2.75, 3.05) is 18.2 Å². The van der Waals surface area contributed by atoms with Crippen molar-refractivity contribution in [3.63, 3.8) is 0 Å². The number of nitrogens with one attached hydrogen (secondary N) is 1. The van der Waals surface area contributed by atoms with Crippen LogP contribution in [0.5, 0.6) is 0 Å². The molecule has 0 aliphatic rings. The molecule has 2 heterocycles. The molecule has 2 aromatic heterocycles. The number of benzene rings is 1. The summed E-state index contributed by atoms with van der Waals surface area (Å²) < 4.78 is 0. The van der Waals surface area contributed by atoms with Gasteiger partial charge in [-0.2, -0.15) is 0 Å². The van der Waals surface area contributed by atoms with Gasteiger partial charge in [-0.1, -0.05) is 35.5 Å². The summed E-state index contributed by atoms with van der Waals surface area (Å²) in [7, 11) is 1.36. The molecule has 0 saturated heterocycles. The third-order valence-electron chi connectivity index (χ3n) is 2.96. The second kappa shape index (κ2) is 7.20. The Hall–Kier alpha value is -2.78. The van der Waals surface area contributed by atoms with Crippen molar-refractivity contribution in [3.05, 3.63) is 46.8 Å². The van der Waals surface area contributed by atoms with Crippen LogP contribution in [-0.4, -0.2) is 28.7 Å². The molecule has 0 radical (unpaired) electrons. The van der Waals surface area contributed by atoms with Crippen LogP contribution in [0.25, 0.3) is 11.3 Å². The summed E-state index contributed by atoms with van der Waals surface area (Å²) in [5.74, 6) is -0.462. The molecule has 3 N–H and O–H groups in total. The van der Waals surface area contributed by atoms with Gasteiger partial charge in [0.1, 0.15) is 12.8 Å². The van der Waals surface area contributed by atoms with E-state index in [1.165, 1.54) is 29.8 Å². The number of nitrogens with two attached hydrogens (primary N) is 1. The SMILES string of the molecule is CON=C(C(=O)Nc1nc(-c2ccccc2)cs1)c1csc(N)n1. The minimum atomic E-state index is -0.462. The third-order valence-corrected chi connectivity index (χ3v) is 4.39. The minimum Gasteiger partial charge on any atom is -0.398 e. The van der Waals surface area contributed by atoms with Crippen LogP contribution in [0, 0.1) is 0 Å². The quantitative estimate of drug-likeness (QED) is 0.539. The number of oxime groups is 1. The van der Waals surface area contributed by atoms with Crippen LogP contribution >= 0.6 is 22.7 Å². The zero-order chi connectivity index (χ0) is 16.9. The van der Waals surface area contributed by atoms with Gasteiger partial charge in [-0.25, -0.2) is 9.97 Å². The summed E-state index contributed by atoms with van der Waals surface area (Å²) in [5.41, 5.74) is 7.77. The Balaban J connectivity index is 1.79. The van der Waals surface area contributed by atoms with Crippen LogP contribution in [0.4, 0.5) is 10.3 Å². The first-order chi connectivity index (χ1) is 11.7. The van der Waals surface area contributed by atoms with Gasteiger partial charge in [0, 0.05) is 16.3 Å². The van der Waals surface area contributed by atoms with Crippen molar-refractivity contribution < 1.29 is 9.63 Å². The number of thiazole rings is 2. The highest BCUT2D eigenvalue weighted by atomic mass is 32.1. The second-order valence-electron chi connectivity index (χ2n) is 4.55. The highest BCUT2D eigenvalue weighted by Gasteiger charge is 2.19. The number of rotatable bonds is 5. The molecular weight excluding hydrogens is 346 g/mol. The van der Waals surface area contributed by atoms with Gasteiger partial charge in [0.15, 0.2) is 16.0 Å². The molecular formula is C15H13N5O2S2. The van der Waals surface area contributed by atoms with Crippen LogP contribution in [0.3, 0.4) is 0 Å². The maximum absolute atomic E-state index is 12.4. The largest absolute Gasteiger partial charge is 0.398 e. The molecule has 3 rings (SSSR count). The standard InChI is InChI=1S/C15H13N5O2S2/c1-22-20-12(11-8-23-14(16)17-11)13(21)19-15-18-10(7-24-15)9-5-3-2-4-6-9/h2-8H,1H3,(H2,16,17)(H,18,19,21). The summed E-state index contributed by atoms with van der Waals surface area (Å²) in [6.45, 7) is 0. The Morgan fingerprint density at radius 1 is 1.21 bits per heavy atom. The third kappa shape index (κ3) is 3.58. The number of hydrogen-bond acceptors (Lipinski definition) is 8. The van der Waals surface area contributed by atoms with Crippen LogP contribution in [0.15, 0.2) is 46.2 Å². The monoisotopic (exact) mass is 359 g/mol. The second-order valence-corrected chi connectivity index (χ2v) is 6.30. The molecule has 24 heavy (non-hydrogen) atoms. The van der Waals surface area contributed by atoms with Gasteiger partial charge in [0.25, 0.3) is 5.91 Å². The first-order valence-corrected chi connectivity index (χ1v) is 8.58. The smallest absolute Gasteiger partial charge is 0.281 e. The summed E-state index contributed by atoms with van der Waals surface area (Å²) in [6, 6.07) is 9.71. The number of amides is 1. The van der Waals surface area contributed by atoms with E-state index in [2.05, 4.69) is 20.4 Å². The number of nitrogen functional groups attached to an aromatic ring is 1.